The van der Waals surface area contributed by atoms with Gasteiger partial charge >= 0.3 is 0 Å². The van der Waals surface area contributed by atoms with Crippen LogP contribution in [-0.4, -0.2) is 26.2 Å². The summed E-state index contributed by atoms with van der Waals surface area (Å²) in [7, 11) is 1.66. The van der Waals surface area contributed by atoms with E-state index >= 15 is 0 Å². The van der Waals surface area contributed by atoms with Gasteiger partial charge in [0.1, 0.15) is 0 Å². The third kappa shape index (κ3) is 2.65. The van der Waals surface area contributed by atoms with Crippen molar-refractivity contribution in [2.45, 2.75) is 6.61 Å². The summed E-state index contributed by atoms with van der Waals surface area (Å²) in [6.07, 6.45) is 0. The summed E-state index contributed by atoms with van der Waals surface area (Å²) in [5.41, 5.74) is 1.91. The number of nitrogens with zero attached hydrogens (tertiary/aromatic N) is 1. The zero-order chi connectivity index (χ0) is 11.4. The van der Waals surface area contributed by atoms with Crippen molar-refractivity contribution in [3.63, 3.8) is 0 Å². The molecule has 4 nitrogen and oxygen atoms in total. The van der Waals surface area contributed by atoms with E-state index in [9.17, 15) is 0 Å². The fraction of sp³-hybridized carbons (Fsp3) is 0.364. The third-order valence-electron chi connectivity index (χ3n) is 2.27. The van der Waals surface area contributed by atoms with Crippen molar-refractivity contribution in [2.75, 3.05) is 25.5 Å². The molecular weight excluding hydrogens is 226 g/mol. The Balaban J connectivity index is 2.09. The number of ether oxygens (including phenoxy) is 1. The number of anilines is 1. The smallest absolute Gasteiger partial charge is 0.195 e. The Kier molecular flexibility index (Phi) is 3.64. The van der Waals surface area contributed by atoms with Gasteiger partial charge < -0.3 is 15.4 Å². The van der Waals surface area contributed by atoms with E-state index in [1.165, 1.54) is 0 Å². The number of halogens is 1. The molecule has 1 aliphatic heterocycles. The normalized spacial score (nSPS) is 14.5. The minimum Gasteiger partial charge on any atom is -0.380 e. The van der Waals surface area contributed by atoms with Crippen LogP contribution < -0.4 is 10.6 Å². The molecule has 0 fully saturated rings. The number of methoxy groups -OCH3 is 1. The van der Waals surface area contributed by atoms with Gasteiger partial charge in [0.2, 0.25) is 0 Å². The van der Waals surface area contributed by atoms with E-state index in [4.69, 9.17) is 16.3 Å². The fourth-order valence-corrected chi connectivity index (χ4v) is 1.78. The number of rotatable bonds is 3. The zero-order valence-corrected chi connectivity index (χ0v) is 9.84. The summed E-state index contributed by atoms with van der Waals surface area (Å²) in [5, 5.41) is 6.94. The Morgan fingerprint density at radius 2 is 2.44 bits per heavy atom. The van der Waals surface area contributed by atoms with E-state index in [2.05, 4.69) is 15.6 Å². The van der Waals surface area contributed by atoms with Crippen LogP contribution in [0.15, 0.2) is 23.2 Å². The van der Waals surface area contributed by atoms with Gasteiger partial charge in [0.05, 0.1) is 23.9 Å². The van der Waals surface area contributed by atoms with Crippen LogP contribution in [0, 0.1) is 0 Å². The number of benzene rings is 1. The van der Waals surface area contributed by atoms with Gasteiger partial charge in [-0.3, -0.25) is 4.99 Å². The lowest BCUT2D eigenvalue weighted by Crippen LogP contribution is -2.26. The molecule has 2 rings (SSSR count). The van der Waals surface area contributed by atoms with Gasteiger partial charge in [-0.15, -0.1) is 0 Å². The largest absolute Gasteiger partial charge is 0.380 e. The molecule has 0 atom stereocenters. The van der Waals surface area contributed by atoms with Crippen LogP contribution >= 0.6 is 11.6 Å². The van der Waals surface area contributed by atoms with E-state index in [0.717, 1.165) is 30.3 Å². The van der Waals surface area contributed by atoms with Gasteiger partial charge in [0.15, 0.2) is 5.96 Å². The minimum absolute atomic E-state index is 0.569. The molecule has 5 heteroatoms. The minimum atomic E-state index is 0.569. The topological polar surface area (TPSA) is 45.6 Å². The van der Waals surface area contributed by atoms with Gasteiger partial charge in [-0.05, 0) is 17.7 Å². The summed E-state index contributed by atoms with van der Waals surface area (Å²) in [5.74, 6) is 0.779. The first kappa shape index (κ1) is 11.2. The molecule has 0 aromatic heterocycles. The first-order valence-corrected chi connectivity index (χ1v) is 5.50. The van der Waals surface area contributed by atoms with Gasteiger partial charge in [-0.1, -0.05) is 17.7 Å². The number of aliphatic imine (C=N–C) groups is 1. The van der Waals surface area contributed by atoms with Crippen LogP contribution in [0.25, 0.3) is 0 Å². The predicted octanol–water partition coefficient (Wildman–Crippen LogP) is 1.86. The van der Waals surface area contributed by atoms with Crippen LogP contribution in [0.1, 0.15) is 5.56 Å². The highest BCUT2D eigenvalue weighted by molar-refractivity contribution is 6.33. The Morgan fingerprint density at radius 3 is 3.06 bits per heavy atom. The Hall–Kier alpha value is -1.26. The molecule has 0 bridgehead atoms. The highest BCUT2D eigenvalue weighted by atomic mass is 35.5. The number of hydrogen-bond acceptors (Lipinski definition) is 4. The molecule has 1 aromatic carbocycles. The molecule has 0 amide bonds. The van der Waals surface area contributed by atoms with Gasteiger partial charge in [-0.2, -0.15) is 0 Å². The molecule has 0 unspecified atom stereocenters. The molecule has 0 saturated carbocycles. The van der Waals surface area contributed by atoms with Crippen molar-refractivity contribution in [1.29, 1.82) is 0 Å². The quantitative estimate of drug-likeness (QED) is 0.846. The molecule has 0 radical (unpaired) electrons. The highest BCUT2D eigenvalue weighted by Gasteiger charge is 2.07. The van der Waals surface area contributed by atoms with Crippen molar-refractivity contribution < 1.29 is 4.74 Å². The number of nitrogens with one attached hydrogen (secondary N) is 2. The zero-order valence-electron chi connectivity index (χ0n) is 9.09. The Labute approximate surface area is 99.7 Å². The van der Waals surface area contributed by atoms with Crippen molar-refractivity contribution in [3.8, 4) is 0 Å². The molecule has 1 heterocycles. The fourth-order valence-electron chi connectivity index (χ4n) is 1.53. The molecule has 1 aliphatic rings. The van der Waals surface area contributed by atoms with Crippen molar-refractivity contribution in [3.05, 3.63) is 28.8 Å². The standard InChI is InChI=1S/C11H14ClN3O/c1-16-7-8-2-3-10(9(12)6-8)15-11-13-4-5-14-11/h2-3,6H,4-5,7H2,1H3,(H2,13,14,15). The predicted molar refractivity (Wildman–Crippen MR) is 66.1 cm³/mol. The average Bonchev–Trinajstić information content (AvgIpc) is 2.75. The van der Waals surface area contributed by atoms with Gasteiger partial charge in [-0.25, -0.2) is 0 Å². The van der Waals surface area contributed by atoms with Crippen molar-refractivity contribution in [2.24, 2.45) is 4.99 Å². The van der Waals surface area contributed by atoms with E-state index in [1.54, 1.807) is 7.11 Å². The lowest BCUT2D eigenvalue weighted by Gasteiger charge is -2.09. The average molecular weight is 240 g/mol. The molecule has 1 aromatic rings. The van der Waals surface area contributed by atoms with Crippen LogP contribution in [0.5, 0.6) is 0 Å². The summed E-state index contributed by atoms with van der Waals surface area (Å²) in [4.78, 5) is 4.24. The molecule has 0 spiro atoms. The Morgan fingerprint density at radius 1 is 1.56 bits per heavy atom. The summed E-state index contributed by atoms with van der Waals surface area (Å²) in [6, 6.07) is 5.80. The van der Waals surface area contributed by atoms with E-state index < -0.39 is 0 Å². The van der Waals surface area contributed by atoms with Crippen LogP contribution in [0.3, 0.4) is 0 Å². The van der Waals surface area contributed by atoms with Crippen LogP contribution in [0.2, 0.25) is 5.02 Å². The summed E-state index contributed by atoms with van der Waals surface area (Å²) < 4.78 is 5.04. The third-order valence-corrected chi connectivity index (χ3v) is 2.58. The molecule has 0 aliphatic carbocycles. The van der Waals surface area contributed by atoms with Crippen LogP contribution in [-0.2, 0) is 11.3 Å². The lowest BCUT2D eigenvalue weighted by atomic mass is 10.2. The van der Waals surface area contributed by atoms with Gasteiger partial charge in [0, 0.05) is 13.7 Å². The first-order valence-electron chi connectivity index (χ1n) is 5.12. The summed E-state index contributed by atoms with van der Waals surface area (Å²) >= 11 is 6.14. The van der Waals surface area contributed by atoms with Crippen molar-refractivity contribution in [1.82, 2.24) is 5.32 Å². The maximum absolute atomic E-state index is 6.14. The number of hydrogen-bond donors (Lipinski definition) is 2. The van der Waals surface area contributed by atoms with Crippen molar-refractivity contribution >= 4 is 23.2 Å². The SMILES string of the molecule is COCc1ccc(NC2=NCCN2)c(Cl)c1. The number of guanidine groups is 1. The summed E-state index contributed by atoms with van der Waals surface area (Å²) in [6.45, 7) is 2.25. The monoisotopic (exact) mass is 239 g/mol. The molecular formula is C11H14ClN3O. The van der Waals surface area contributed by atoms with Gasteiger partial charge in [0.25, 0.3) is 0 Å². The molecule has 16 heavy (non-hydrogen) atoms. The second-order valence-electron chi connectivity index (χ2n) is 3.53. The molecule has 86 valence electrons. The molecule has 2 N–H and O–H groups in total. The maximum atomic E-state index is 6.14. The van der Waals surface area contributed by atoms with E-state index in [-0.39, 0.29) is 0 Å². The lowest BCUT2D eigenvalue weighted by molar-refractivity contribution is 0.185. The second-order valence-corrected chi connectivity index (χ2v) is 3.94. The first-order chi connectivity index (χ1) is 7.79. The second kappa shape index (κ2) is 5.18. The van der Waals surface area contributed by atoms with Crippen LogP contribution in [0.4, 0.5) is 5.69 Å². The maximum Gasteiger partial charge on any atom is 0.195 e. The highest BCUT2D eigenvalue weighted by Crippen LogP contribution is 2.23. The molecule has 0 saturated heterocycles. The Bertz CT molecular complexity index is 406. The van der Waals surface area contributed by atoms with E-state index in [1.807, 2.05) is 18.2 Å². The van der Waals surface area contributed by atoms with E-state index in [0.29, 0.717) is 11.6 Å².